The van der Waals surface area contributed by atoms with Gasteiger partial charge in [0.1, 0.15) is 5.65 Å². The number of aryl methyl sites for hydroxylation is 1. The van der Waals surface area contributed by atoms with E-state index in [0.29, 0.717) is 6.54 Å². The Morgan fingerprint density at radius 3 is 3.05 bits per heavy atom. The van der Waals surface area contributed by atoms with Crippen molar-refractivity contribution in [3.8, 4) is 0 Å². The molecule has 0 saturated heterocycles. The fraction of sp³-hybridized carbons (Fsp3) is 0.250. The molecule has 1 unspecified atom stereocenters. The number of nitrogens with two attached hydrogens (primary N) is 1. The SMILES string of the molecule is Cc1cncc(C(CCN)c2c[nH]c3ncccc23)c1. The minimum Gasteiger partial charge on any atom is -0.346 e. The number of aromatic amines is 1. The van der Waals surface area contributed by atoms with Crippen molar-refractivity contribution in [3.05, 3.63) is 59.7 Å². The second kappa shape index (κ2) is 5.43. The summed E-state index contributed by atoms with van der Waals surface area (Å²) in [6.45, 7) is 2.71. The number of hydrogen-bond donors (Lipinski definition) is 2. The Morgan fingerprint density at radius 1 is 1.35 bits per heavy atom. The van der Waals surface area contributed by atoms with Crippen LogP contribution in [-0.2, 0) is 0 Å². The van der Waals surface area contributed by atoms with E-state index >= 15 is 0 Å². The summed E-state index contributed by atoms with van der Waals surface area (Å²) in [6.07, 6.45) is 8.55. The van der Waals surface area contributed by atoms with Crippen LogP contribution in [0.1, 0.15) is 29.0 Å². The first kappa shape index (κ1) is 12.8. The molecule has 4 heteroatoms. The number of H-pyrrole nitrogens is 1. The van der Waals surface area contributed by atoms with Gasteiger partial charge in [-0.1, -0.05) is 6.07 Å². The summed E-state index contributed by atoms with van der Waals surface area (Å²) in [5.41, 5.74) is 10.3. The molecule has 0 aliphatic rings. The standard InChI is InChI=1S/C16H18N4/c1-11-7-12(9-18-8-11)13(4-5-17)15-10-20-16-14(15)3-2-6-19-16/h2-3,6-10,13H,4-5,17H2,1H3,(H,19,20). The van der Waals surface area contributed by atoms with E-state index in [1.807, 2.05) is 24.7 Å². The Kier molecular flexibility index (Phi) is 3.48. The zero-order chi connectivity index (χ0) is 13.9. The summed E-state index contributed by atoms with van der Waals surface area (Å²) in [6, 6.07) is 6.25. The van der Waals surface area contributed by atoms with Gasteiger partial charge >= 0.3 is 0 Å². The average Bonchev–Trinajstić information content (AvgIpc) is 2.88. The van der Waals surface area contributed by atoms with Crippen molar-refractivity contribution in [3.63, 3.8) is 0 Å². The van der Waals surface area contributed by atoms with E-state index in [1.165, 1.54) is 16.7 Å². The fourth-order valence-electron chi connectivity index (χ4n) is 2.70. The number of hydrogen-bond acceptors (Lipinski definition) is 3. The van der Waals surface area contributed by atoms with Gasteiger partial charge in [0.25, 0.3) is 0 Å². The van der Waals surface area contributed by atoms with Crippen LogP contribution < -0.4 is 5.73 Å². The molecule has 0 amide bonds. The number of fused-ring (bicyclic) bond motifs is 1. The van der Waals surface area contributed by atoms with E-state index in [0.717, 1.165) is 17.5 Å². The van der Waals surface area contributed by atoms with Gasteiger partial charge in [0.15, 0.2) is 0 Å². The third-order valence-corrected chi connectivity index (χ3v) is 3.61. The van der Waals surface area contributed by atoms with Gasteiger partial charge in [0.2, 0.25) is 0 Å². The normalized spacial score (nSPS) is 12.7. The van der Waals surface area contributed by atoms with Gasteiger partial charge in [-0.25, -0.2) is 4.98 Å². The van der Waals surface area contributed by atoms with Gasteiger partial charge in [0.05, 0.1) is 0 Å². The summed E-state index contributed by atoms with van der Waals surface area (Å²) < 4.78 is 0. The van der Waals surface area contributed by atoms with Gasteiger partial charge in [-0.2, -0.15) is 0 Å². The molecular formula is C16H18N4. The van der Waals surface area contributed by atoms with Crippen molar-refractivity contribution in [2.75, 3.05) is 6.54 Å². The Hall–Kier alpha value is -2.20. The molecule has 4 nitrogen and oxygen atoms in total. The van der Waals surface area contributed by atoms with Crippen molar-refractivity contribution in [2.24, 2.45) is 5.73 Å². The zero-order valence-corrected chi connectivity index (χ0v) is 11.5. The van der Waals surface area contributed by atoms with Crippen molar-refractivity contribution < 1.29 is 0 Å². The molecule has 3 N–H and O–H groups in total. The molecule has 102 valence electrons. The molecule has 0 radical (unpaired) electrons. The summed E-state index contributed by atoms with van der Waals surface area (Å²) in [4.78, 5) is 11.9. The molecule has 0 aliphatic carbocycles. The van der Waals surface area contributed by atoms with Gasteiger partial charge in [-0.15, -0.1) is 0 Å². The Labute approximate surface area is 118 Å². The first-order valence-electron chi connectivity index (χ1n) is 6.83. The number of nitrogens with one attached hydrogen (secondary N) is 1. The molecule has 3 rings (SSSR count). The quantitative estimate of drug-likeness (QED) is 0.763. The largest absolute Gasteiger partial charge is 0.346 e. The summed E-state index contributed by atoms with van der Waals surface area (Å²) in [5.74, 6) is 0.255. The highest BCUT2D eigenvalue weighted by Gasteiger charge is 2.18. The molecule has 0 saturated carbocycles. The van der Waals surface area contributed by atoms with Crippen LogP contribution in [0, 0.1) is 6.92 Å². The lowest BCUT2D eigenvalue weighted by Gasteiger charge is -2.16. The molecular weight excluding hydrogens is 248 g/mol. The van der Waals surface area contributed by atoms with Crippen LogP contribution >= 0.6 is 0 Å². The van der Waals surface area contributed by atoms with Crippen molar-refractivity contribution in [1.29, 1.82) is 0 Å². The average molecular weight is 266 g/mol. The monoisotopic (exact) mass is 266 g/mol. The molecule has 20 heavy (non-hydrogen) atoms. The van der Waals surface area contributed by atoms with Gasteiger partial charge in [-0.3, -0.25) is 4.98 Å². The lowest BCUT2D eigenvalue weighted by atomic mass is 9.89. The van der Waals surface area contributed by atoms with Crippen LogP contribution in [0.15, 0.2) is 43.0 Å². The van der Waals surface area contributed by atoms with E-state index in [1.54, 1.807) is 6.20 Å². The summed E-state index contributed by atoms with van der Waals surface area (Å²) in [7, 11) is 0. The van der Waals surface area contributed by atoms with E-state index in [2.05, 4.69) is 34.0 Å². The van der Waals surface area contributed by atoms with Crippen molar-refractivity contribution in [1.82, 2.24) is 15.0 Å². The van der Waals surface area contributed by atoms with E-state index in [9.17, 15) is 0 Å². The highest BCUT2D eigenvalue weighted by Crippen LogP contribution is 2.32. The zero-order valence-electron chi connectivity index (χ0n) is 11.5. The minimum absolute atomic E-state index is 0.255. The molecule has 0 bridgehead atoms. The fourth-order valence-corrected chi connectivity index (χ4v) is 2.70. The van der Waals surface area contributed by atoms with E-state index in [4.69, 9.17) is 5.73 Å². The predicted octanol–water partition coefficient (Wildman–Crippen LogP) is 2.75. The summed E-state index contributed by atoms with van der Waals surface area (Å²) >= 11 is 0. The van der Waals surface area contributed by atoms with Crippen LogP contribution in [0.4, 0.5) is 0 Å². The van der Waals surface area contributed by atoms with Crippen molar-refractivity contribution in [2.45, 2.75) is 19.3 Å². The molecule has 0 spiro atoms. The van der Waals surface area contributed by atoms with Gasteiger partial charge < -0.3 is 10.7 Å². The molecule has 1 atom stereocenters. The number of aromatic nitrogens is 3. The van der Waals surface area contributed by atoms with Crippen molar-refractivity contribution >= 4 is 11.0 Å². The molecule has 0 aliphatic heterocycles. The number of rotatable bonds is 4. The van der Waals surface area contributed by atoms with Crippen LogP contribution in [0.3, 0.4) is 0 Å². The predicted molar refractivity (Wildman–Crippen MR) is 80.6 cm³/mol. The van der Waals surface area contributed by atoms with Gasteiger partial charge in [-0.05, 0) is 48.7 Å². The lowest BCUT2D eigenvalue weighted by molar-refractivity contribution is 0.726. The second-order valence-electron chi connectivity index (χ2n) is 5.07. The third-order valence-electron chi connectivity index (χ3n) is 3.61. The second-order valence-corrected chi connectivity index (χ2v) is 5.07. The smallest absolute Gasteiger partial charge is 0.137 e. The maximum atomic E-state index is 5.81. The molecule has 0 aromatic carbocycles. The molecule has 3 aromatic rings. The Balaban J connectivity index is 2.11. The summed E-state index contributed by atoms with van der Waals surface area (Å²) in [5, 5.41) is 1.16. The minimum atomic E-state index is 0.255. The van der Waals surface area contributed by atoms with Gasteiger partial charge in [0, 0.05) is 36.1 Å². The van der Waals surface area contributed by atoms with Crippen LogP contribution in [0.25, 0.3) is 11.0 Å². The highest BCUT2D eigenvalue weighted by atomic mass is 14.8. The van der Waals surface area contributed by atoms with E-state index < -0.39 is 0 Å². The molecule has 3 heterocycles. The highest BCUT2D eigenvalue weighted by molar-refractivity contribution is 5.80. The maximum Gasteiger partial charge on any atom is 0.137 e. The maximum absolute atomic E-state index is 5.81. The Morgan fingerprint density at radius 2 is 2.25 bits per heavy atom. The Bertz CT molecular complexity index is 717. The first-order valence-corrected chi connectivity index (χ1v) is 6.83. The molecule has 3 aromatic heterocycles. The lowest BCUT2D eigenvalue weighted by Crippen LogP contribution is -2.09. The van der Waals surface area contributed by atoms with E-state index in [-0.39, 0.29) is 5.92 Å². The third kappa shape index (κ3) is 2.30. The molecule has 0 fully saturated rings. The number of pyridine rings is 2. The topological polar surface area (TPSA) is 67.6 Å². The number of nitrogens with zero attached hydrogens (tertiary/aromatic N) is 2. The van der Waals surface area contributed by atoms with Crippen LogP contribution in [0.2, 0.25) is 0 Å². The van der Waals surface area contributed by atoms with Crippen LogP contribution in [0.5, 0.6) is 0 Å². The van der Waals surface area contributed by atoms with Crippen LogP contribution in [-0.4, -0.2) is 21.5 Å². The first-order chi connectivity index (χ1) is 9.79.